The van der Waals surface area contributed by atoms with Crippen LogP contribution in [0.1, 0.15) is 36.2 Å². The molecule has 5 nitrogen and oxygen atoms in total. The minimum Gasteiger partial charge on any atom is -0.481 e. The lowest BCUT2D eigenvalue weighted by molar-refractivity contribution is -0.131. The van der Waals surface area contributed by atoms with Crippen LogP contribution in [0, 0.1) is 19.8 Å². The largest absolute Gasteiger partial charge is 0.481 e. The van der Waals surface area contributed by atoms with Gasteiger partial charge in [0.25, 0.3) is 0 Å². The zero-order chi connectivity index (χ0) is 17.9. The summed E-state index contributed by atoms with van der Waals surface area (Å²) in [6.45, 7) is 8.85. The minimum atomic E-state index is -1.49. The molecule has 1 heterocycles. The molecule has 3 amide bonds. The van der Waals surface area contributed by atoms with Crippen molar-refractivity contribution >= 4 is 11.9 Å². The molecular formula is C18H23FN2O3. The Bertz CT molecular complexity index is 627. The van der Waals surface area contributed by atoms with Crippen LogP contribution in [0.15, 0.2) is 31.0 Å². The first kappa shape index (κ1) is 18.0. The molecule has 0 radical (unpaired) electrons. The van der Waals surface area contributed by atoms with Gasteiger partial charge in [0.15, 0.2) is 6.73 Å². The van der Waals surface area contributed by atoms with Crippen molar-refractivity contribution in [1.82, 2.24) is 10.2 Å². The van der Waals surface area contributed by atoms with Crippen molar-refractivity contribution < 1.29 is 18.7 Å². The molecule has 1 aromatic rings. The molecule has 130 valence electrons. The average molecular weight is 334 g/mol. The highest BCUT2D eigenvalue weighted by Crippen LogP contribution is 2.34. The molecule has 1 N–H and O–H groups in total. The number of benzene rings is 1. The van der Waals surface area contributed by atoms with Gasteiger partial charge in [0.2, 0.25) is 5.91 Å². The van der Waals surface area contributed by atoms with Crippen molar-refractivity contribution in [3.63, 3.8) is 0 Å². The van der Waals surface area contributed by atoms with Crippen LogP contribution in [-0.2, 0) is 9.53 Å². The lowest BCUT2D eigenvalue weighted by Crippen LogP contribution is -2.61. The van der Waals surface area contributed by atoms with Crippen LogP contribution >= 0.6 is 0 Å². The van der Waals surface area contributed by atoms with Gasteiger partial charge < -0.3 is 4.74 Å². The maximum absolute atomic E-state index is 15.4. The Labute approximate surface area is 141 Å². The monoisotopic (exact) mass is 334 g/mol. The number of hydrogen-bond donors (Lipinski definition) is 1. The second-order valence-electron chi connectivity index (χ2n) is 6.05. The molecule has 1 aliphatic rings. The summed E-state index contributed by atoms with van der Waals surface area (Å²) < 4.78 is 20.5. The number of ether oxygens (including phenoxy) is 1. The maximum atomic E-state index is 15.4. The first-order valence-electron chi connectivity index (χ1n) is 7.95. The molecule has 3 atom stereocenters. The number of imide groups is 1. The van der Waals surface area contributed by atoms with Crippen LogP contribution < -0.4 is 5.32 Å². The van der Waals surface area contributed by atoms with E-state index in [9.17, 15) is 9.59 Å². The fraction of sp³-hybridized carbons (Fsp3) is 0.444. The summed E-state index contributed by atoms with van der Waals surface area (Å²) in [5.41, 5.74) is 2.32. The van der Waals surface area contributed by atoms with Crippen molar-refractivity contribution in [2.24, 2.45) is 5.92 Å². The number of rotatable bonds is 6. The molecule has 0 saturated carbocycles. The van der Waals surface area contributed by atoms with Gasteiger partial charge in [-0.05, 0) is 25.8 Å². The minimum absolute atomic E-state index is 0.158. The summed E-state index contributed by atoms with van der Waals surface area (Å²) in [7, 11) is 0. The molecule has 2 rings (SSSR count). The number of nitrogens with one attached hydrogen (secondary N) is 1. The predicted octanol–water partition coefficient (Wildman–Crippen LogP) is 3.38. The number of halogens is 1. The Hall–Kier alpha value is -2.37. The Balaban J connectivity index is 2.42. The first-order chi connectivity index (χ1) is 11.4. The van der Waals surface area contributed by atoms with Crippen LogP contribution in [0.2, 0.25) is 0 Å². The third kappa shape index (κ3) is 3.58. The van der Waals surface area contributed by atoms with Gasteiger partial charge >= 0.3 is 6.03 Å². The second kappa shape index (κ2) is 7.47. The standard InChI is InChI=1S/C18H23FN2O3/c1-5-14-16(15(19)13-8-11(3)7-12(4)9-13)21(10-24-6-2)18(23)20-17(14)22/h6-9,14-16H,2,5,10H2,1,3-4H3,(H,20,22,23). The maximum Gasteiger partial charge on any atom is 0.327 e. The molecule has 0 aliphatic carbocycles. The molecule has 6 heteroatoms. The number of aryl methyl sites for hydroxylation is 2. The SMILES string of the molecule is C=COCN1C(=O)NC(=O)C(CC)C1C(F)c1cc(C)cc(C)c1. The number of carbonyl (C=O) groups is 2. The normalized spacial score (nSPS) is 22.1. The van der Waals surface area contributed by atoms with Crippen molar-refractivity contribution in [1.29, 1.82) is 0 Å². The third-order valence-electron chi connectivity index (χ3n) is 4.23. The predicted molar refractivity (Wildman–Crippen MR) is 88.9 cm³/mol. The van der Waals surface area contributed by atoms with E-state index in [4.69, 9.17) is 4.74 Å². The van der Waals surface area contributed by atoms with Crippen molar-refractivity contribution in [3.8, 4) is 0 Å². The molecule has 0 bridgehead atoms. The number of nitrogens with zero attached hydrogens (tertiary/aromatic N) is 1. The van der Waals surface area contributed by atoms with Crippen LogP contribution in [-0.4, -0.2) is 29.6 Å². The molecule has 1 saturated heterocycles. The zero-order valence-corrected chi connectivity index (χ0v) is 14.2. The van der Waals surface area contributed by atoms with Gasteiger partial charge in [0.1, 0.15) is 6.17 Å². The van der Waals surface area contributed by atoms with Crippen molar-refractivity contribution in [2.45, 2.75) is 39.4 Å². The van der Waals surface area contributed by atoms with Gasteiger partial charge in [-0.15, -0.1) is 0 Å². The van der Waals surface area contributed by atoms with Crippen LogP contribution in [0.3, 0.4) is 0 Å². The number of urea groups is 1. The van der Waals surface area contributed by atoms with Gasteiger partial charge in [-0.25, -0.2) is 9.18 Å². The van der Waals surface area contributed by atoms with Gasteiger partial charge in [0, 0.05) is 0 Å². The number of alkyl halides is 1. The second-order valence-corrected chi connectivity index (χ2v) is 6.05. The highest BCUT2D eigenvalue weighted by atomic mass is 19.1. The van der Waals surface area contributed by atoms with E-state index in [1.54, 1.807) is 19.1 Å². The molecular weight excluding hydrogens is 311 g/mol. The van der Waals surface area contributed by atoms with E-state index in [2.05, 4.69) is 11.9 Å². The Morgan fingerprint density at radius 3 is 2.50 bits per heavy atom. The van der Waals surface area contributed by atoms with E-state index in [-0.39, 0.29) is 6.73 Å². The molecule has 3 unspecified atom stereocenters. The van der Waals surface area contributed by atoms with E-state index in [1.807, 2.05) is 19.9 Å². The third-order valence-corrected chi connectivity index (χ3v) is 4.23. The zero-order valence-electron chi connectivity index (χ0n) is 14.2. The Morgan fingerprint density at radius 2 is 1.96 bits per heavy atom. The summed E-state index contributed by atoms with van der Waals surface area (Å²) >= 11 is 0. The Morgan fingerprint density at radius 1 is 1.33 bits per heavy atom. The van der Waals surface area contributed by atoms with E-state index in [1.165, 1.54) is 11.2 Å². The first-order valence-corrected chi connectivity index (χ1v) is 7.95. The van der Waals surface area contributed by atoms with Crippen molar-refractivity contribution in [2.75, 3.05) is 6.73 Å². The van der Waals surface area contributed by atoms with E-state index < -0.39 is 30.1 Å². The van der Waals surface area contributed by atoms with Gasteiger partial charge in [-0.3, -0.25) is 15.0 Å². The number of amides is 3. The molecule has 0 aromatic heterocycles. The smallest absolute Gasteiger partial charge is 0.327 e. The van der Waals surface area contributed by atoms with E-state index >= 15 is 4.39 Å². The topological polar surface area (TPSA) is 58.6 Å². The molecule has 24 heavy (non-hydrogen) atoms. The lowest BCUT2D eigenvalue weighted by Gasteiger charge is -2.41. The van der Waals surface area contributed by atoms with Crippen LogP contribution in [0.4, 0.5) is 9.18 Å². The summed E-state index contributed by atoms with van der Waals surface area (Å²) in [4.78, 5) is 25.5. The summed E-state index contributed by atoms with van der Waals surface area (Å²) in [6.07, 6.45) is 0.114. The molecule has 0 spiro atoms. The van der Waals surface area contributed by atoms with Crippen molar-refractivity contribution in [3.05, 3.63) is 47.7 Å². The van der Waals surface area contributed by atoms with E-state index in [0.717, 1.165) is 11.1 Å². The quantitative estimate of drug-likeness (QED) is 0.812. The Kier molecular flexibility index (Phi) is 5.59. The van der Waals surface area contributed by atoms with Gasteiger partial charge in [0.05, 0.1) is 18.2 Å². The van der Waals surface area contributed by atoms with E-state index in [0.29, 0.717) is 12.0 Å². The summed E-state index contributed by atoms with van der Waals surface area (Å²) in [5.74, 6) is -1.10. The highest BCUT2D eigenvalue weighted by Gasteiger charge is 2.45. The lowest BCUT2D eigenvalue weighted by atomic mass is 9.86. The molecule has 1 aliphatic heterocycles. The fourth-order valence-electron chi connectivity index (χ4n) is 3.21. The average Bonchev–Trinajstić information content (AvgIpc) is 2.51. The summed E-state index contributed by atoms with van der Waals surface area (Å²) in [6, 6.07) is 3.87. The van der Waals surface area contributed by atoms with Crippen LogP contribution in [0.25, 0.3) is 0 Å². The highest BCUT2D eigenvalue weighted by molar-refractivity contribution is 5.98. The fourth-order valence-corrected chi connectivity index (χ4v) is 3.21. The molecule has 1 aromatic carbocycles. The molecule has 1 fully saturated rings. The summed E-state index contributed by atoms with van der Waals surface area (Å²) in [5, 5.41) is 2.27. The number of hydrogen-bond acceptors (Lipinski definition) is 3. The van der Waals surface area contributed by atoms with Gasteiger partial charge in [-0.2, -0.15) is 0 Å². The number of carbonyl (C=O) groups excluding carboxylic acids is 2. The van der Waals surface area contributed by atoms with Crippen LogP contribution in [0.5, 0.6) is 0 Å². The van der Waals surface area contributed by atoms with Gasteiger partial charge in [-0.1, -0.05) is 42.8 Å².